The molecule has 0 bridgehead atoms. The fraction of sp³-hybridized carbons (Fsp3) is 0.393. The van der Waals surface area contributed by atoms with Gasteiger partial charge in [0, 0.05) is 29.0 Å². The highest BCUT2D eigenvalue weighted by Gasteiger charge is 2.65. The minimum absolute atomic E-state index is 0.0250. The lowest BCUT2D eigenvalue weighted by Crippen LogP contribution is -2.89. The van der Waals surface area contributed by atoms with E-state index < -0.39 is 51.2 Å². The second-order valence-electron chi connectivity index (χ2n) is 11.9. The van der Waals surface area contributed by atoms with Gasteiger partial charge in [-0.1, -0.05) is 44.0 Å². The van der Waals surface area contributed by atoms with Crippen LogP contribution in [0.1, 0.15) is 38.2 Å². The first-order valence-corrected chi connectivity index (χ1v) is 15.4. The number of halogens is 3. The third-order valence-corrected chi connectivity index (χ3v) is 10.1. The molecule has 3 amide bonds. The van der Waals surface area contributed by atoms with Crippen molar-refractivity contribution in [2.75, 3.05) is 19.6 Å². The predicted octanol–water partition coefficient (Wildman–Crippen LogP) is 3.55. The number of piperazine rings is 1. The zero-order valence-corrected chi connectivity index (χ0v) is 25.6. The summed E-state index contributed by atoms with van der Waals surface area (Å²) in [5.41, 5.74) is -0.511. The second-order valence-corrected chi connectivity index (χ2v) is 14.5. The van der Waals surface area contributed by atoms with Crippen LogP contribution in [0.15, 0.2) is 47.4 Å². The van der Waals surface area contributed by atoms with Crippen molar-refractivity contribution in [2.24, 2.45) is 5.41 Å². The van der Waals surface area contributed by atoms with Crippen LogP contribution in [-0.4, -0.2) is 78.2 Å². The first kappa shape index (κ1) is 30.3. The van der Waals surface area contributed by atoms with E-state index in [9.17, 15) is 27.2 Å². The smallest absolute Gasteiger partial charge is 0.268 e. The van der Waals surface area contributed by atoms with Gasteiger partial charge >= 0.3 is 0 Å². The van der Waals surface area contributed by atoms with Gasteiger partial charge in [-0.15, -0.1) is 0 Å². The molecule has 0 spiro atoms. The Balaban J connectivity index is 1.22. The number of sulfonamides is 1. The number of carbonyl (C=O) groups is 3. The van der Waals surface area contributed by atoms with Crippen molar-refractivity contribution in [3.63, 3.8) is 0 Å². The molecule has 2 aliphatic heterocycles. The molecule has 1 aromatic heterocycles. The number of H-pyrrole nitrogens is 1. The Morgan fingerprint density at radius 2 is 1.86 bits per heavy atom. The Labute approximate surface area is 252 Å². The number of hydrogen-bond acceptors (Lipinski definition) is 5. The number of aromatic amines is 1. The van der Waals surface area contributed by atoms with Gasteiger partial charge in [-0.05, 0) is 54.8 Å². The van der Waals surface area contributed by atoms with E-state index in [-0.39, 0.29) is 45.7 Å². The normalized spacial score (nSPS) is 20.9. The molecule has 42 heavy (non-hydrogen) atoms. The number of hydrogen-bond donors (Lipinski definition) is 3. The van der Waals surface area contributed by atoms with E-state index in [0.29, 0.717) is 10.9 Å². The molecule has 3 atom stereocenters. The summed E-state index contributed by atoms with van der Waals surface area (Å²) in [6.07, 6.45) is 0. The Morgan fingerprint density at radius 3 is 2.50 bits per heavy atom. The Bertz CT molecular complexity index is 1720. The molecule has 2 aliphatic rings. The fourth-order valence-corrected chi connectivity index (χ4v) is 7.21. The van der Waals surface area contributed by atoms with Gasteiger partial charge in [0.15, 0.2) is 0 Å². The molecule has 5 rings (SSSR count). The summed E-state index contributed by atoms with van der Waals surface area (Å²) in [7, 11) is -4.09. The lowest BCUT2D eigenvalue weighted by Gasteiger charge is -2.69. The van der Waals surface area contributed by atoms with Crippen LogP contribution in [0, 0.1) is 11.2 Å². The van der Waals surface area contributed by atoms with Gasteiger partial charge in [0.25, 0.3) is 5.91 Å². The Kier molecular flexibility index (Phi) is 7.58. The zero-order valence-electron chi connectivity index (χ0n) is 23.3. The van der Waals surface area contributed by atoms with Crippen LogP contribution in [0.4, 0.5) is 4.39 Å². The minimum Gasteiger partial charge on any atom is -0.351 e. The fourth-order valence-electron chi connectivity index (χ4n) is 5.48. The van der Waals surface area contributed by atoms with E-state index in [0.717, 1.165) is 0 Å². The first-order chi connectivity index (χ1) is 19.5. The lowest BCUT2D eigenvalue weighted by atomic mass is 9.70. The largest absolute Gasteiger partial charge is 0.351 e. The third-order valence-electron chi connectivity index (χ3n) is 7.96. The highest BCUT2D eigenvalue weighted by atomic mass is 35.5. The van der Waals surface area contributed by atoms with Gasteiger partial charge in [0.05, 0.1) is 23.1 Å². The third kappa shape index (κ3) is 5.36. The van der Waals surface area contributed by atoms with E-state index in [2.05, 4.69) is 15.0 Å². The number of nitrogens with one attached hydrogen (secondary N) is 3. The molecule has 14 heteroatoms. The van der Waals surface area contributed by atoms with Crippen molar-refractivity contribution in [2.45, 2.75) is 50.2 Å². The van der Waals surface area contributed by atoms with Crippen molar-refractivity contribution >= 4 is 61.8 Å². The van der Waals surface area contributed by atoms with Gasteiger partial charge in [-0.3, -0.25) is 14.4 Å². The molecule has 2 fully saturated rings. The second kappa shape index (κ2) is 10.5. The topological polar surface area (TPSA) is 132 Å². The number of carbonyl (C=O) groups excluding carboxylic acids is 3. The van der Waals surface area contributed by atoms with Crippen LogP contribution in [0.5, 0.6) is 0 Å². The van der Waals surface area contributed by atoms with Gasteiger partial charge in [0.1, 0.15) is 22.4 Å². The minimum atomic E-state index is -4.09. The summed E-state index contributed by atoms with van der Waals surface area (Å²) in [6.45, 7) is 7.33. The summed E-state index contributed by atoms with van der Waals surface area (Å²) in [6, 6.07) is 8.51. The lowest BCUT2D eigenvalue weighted by molar-refractivity contribution is -0.206. The van der Waals surface area contributed by atoms with Crippen LogP contribution in [0.25, 0.3) is 10.9 Å². The Hall–Kier alpha value is -3.19. The van der Waals surface area contributed by atoms with E-state index >= 15 is 0 Å². The number of aromatic nitrogens is 1. The summed E-state index contributed by atoms with van der Waals surface area (Å²) >= 11 is 11.9. The maximum Gasteiger partial charge on any atom is 0.268 e. The molecule has 0 unspecified atom stereocenters. The van der Waals surface area contributed by atoms with E-state index in [1.54, 1.807) is 4.90 Å². The molecule has 3 N–H and O–H groups in total. The molecule has 2 saturated heterocycles. The summed E-state index contributed by atoms with van der Waals surface area (Å²) in [5.74, 6) is -1.66. The van der Waals surface area contributed by atoms with Crippen molar-refractivity contribution < 1.29 is 27.2 Å². The van der Waals surface area contributed by atoms with Crippen LogP contribution in [0.2, 0.25) is 10.0 Å². The molecule has 0 saturated carbocycles. The standard InChI is InChI=1S/C28H30Cl2FN5O5S/c1-27(2,3)24(34-25(38)20-10-15-9-17(31)6-8-19(15)33-20)26(39)36-13-22-28(36,4)14-35(22)23(37)12-32-42(40,41)21-11-16(29)5-7-18(21)30/h5-11,22,24,32-33H,12-14H2,1-4H3,(H,34,38)/t22-,24-,28-/m1/s1. The molecule has 3 aromatic rings. The van der Waals surface area contributed by atoms with E-state index in [1.165, 1.54) is 47.4 Å². The quantitative estimate of drug-likeness (QED) is 0.365. The van der Waals surface area contributed by atoms with Gasteiger partial charge in [-0.25, -0.2) is 17.5 Å². The SMILES string of the molecule is CC(C)(C)[C@H](NC(=O)c1cc2cc(F)ccc2[nH]1)C(=O)N1C[C@H]2N(C(=O)CNS(=O)(=O)c3cc(Cl)ccc3Cl)C[C@]21C. The summed E-state index contributed by atoms with van der Waals surface area (Å²) in [4.78, 5) is 45.7. The highest BCUT2D eigenvalue weighted by molar-refractivity contribution is 7.89. The molecule has 10 nitrogen and oxygen atoms in total. The number of likely N-dealkylation sites (tertiary alicyclic amines) is 2. The average molecular weight is 639 g/mol. The molecule has 0 aliphatic carbocycles. The van der Waals surface area contributed by atoms with Crippen LogP contribution < -0.4 is 10.0 Å². The van der Waals surface area contributed by atoms with Crippen molar-refractivity contribution in [1.82, 2.24) is 24.8 Å². The van der Waals surface area contributed by atoms with Crippen molar-refractivity contribution in [1.29, 1.82) is 0 Å². The van der Waals surface area contributed by atoms with E-state index in [4.69, 9.17) is 23.2 Å². The molecular weight excluding hydrogens is 608 g/mol. The van der Waals surface area contributed by atoms with Crippen molar-refractivity contribution in [3.8, 4) is 0 Å². The number of benzene rings is 2. The van der Waals surface area contributed by atoms with E-state index in [1.807, 2.05) is 27.7 Å². The maximum atomic E-state index is 13.7. The van der Waals surface area contributed by atoms with Crippen LogP contribution >= 0.6 is 23.2 Å². The summed E-state index contributed by atoms with van der Waals surface area (Å²) in [5, 5.41) is 3.53. The first-order valence-electron chi connectivity index (χ1n) is 13.2. The Morgan fingerprint density at radius 1 is 1.14 bits per heavy atom. The number of fused-ring (bicyclic) bond motifs is 2. The van der Waals surface area contributed by atoms with Crippen LogP contribution in [0.3, 0.4) is 0 Å². The monoisotopic (exact) mass is 637 g/mol. The van der Waals surface area contributed by atoms with Gasteiger partial charge in [0.2, 0.25) is 21.8 Å². The molecule has 0 radical (unpaired) electrons. The molecule has 3 heterocycles. The highest BCUT2D eigenvalue weighted by Crippen LogP contribution is 2.45. The van der Waals surface area contributed by atoms with Gasteiger partial charge in [-0.2, -0.15) is 0 Å². The zero-order chi connectivity index (χ0) is 30.8. The number of rotatable bonds is 7. The summed E-state index contributed by atoms with van der Waals surface area (Å²) < 4.78 is 41.3. The average Bonchev–Trinajstić information content (AvgIpc) is 3.33. The van der Waals surface area contributed by atoms with Crippen molar-refractivity contribution in [3.05, 3.63) is 64.0 Å². The van der Waals surface area contributed by atoms with Gasteiger partial charge < -0.3 is 20.1 Å². The molecular formula is C28H30Cl2FN5O5S. The number of nitrogens with zero attached hydrogens (tertiary/aromatic N) is 2. The van der Waals surface area contributed by atoms with Crippen LogP contribution in [-0.2, 0) is 19.6 Å². The molecule has 224 valence electrons. The molecule has 2 aromatic carbocycles. The maximum absolute atomic E-state index is 13.7. The predicted molar refractivity (Wildman–Crippen MR) is 156 cm³/mol. The number of amides is 3.